The van der Waals surface area contributed by atoms with Crippen molar-refractivity contribution in [2.24, 2.45) is 13.0 Å². The van der Waals surface area contributed by atoms with Crippen molar-refractivity contribution in [2.45, 2.75) is 19.3 Å². The van der Waals surface area contributed by atoms with E-state index in [9.17, 15) is 4.79 Å². The van der Waals surface area contributed by atoms with Crippen molar-refractivity contribution in [1.29, 1.82) is 0 Å². The number of aryl methyl sites for hydroxylation is 1. The largest absolute Gasteiger partial charge is 0.306 e. The summed E-state index contributed by atoms with van der Waals surface area (Å²) in [6.07, 6.45) is 9.71. The lowest BCUT2D eigenvalue weighted by molar-refractivity contribution is -0.123. The normalized spacial score (nSPS) is 16.2. The molecule has 0 radical (unpaired) electrons. The van der Waals surface area contributed by atoms with Gasteiger partial charge >= 0.3 is 0 Å². The number of aromatic nitrogens is 4. The molecular formula is C20H23N5O. The number of rotatable bonds is 4. The van der Waals surface area contributed by atoms with E-state index in [1.54, 1.807) is 10.9 Å². The van der Waals surface area contributed by atoms with Crippen LogP contribution in [0.15, 0.2) is 36.9 Å². The second-order valence-corrected chi connectivity index (χ2v) is 7.22. The van der Waals surface area contributed by atoms with E-state index in [4.69, 9.17) is 0 Å². The monoisotopic (exact) mass is 349 g/mol. The summed E-state index contributed by atoms with van der Waals surface area (Å²) in [5.41, 5.74) is 2.70. The fourth-order valence-electron chi connectivity index (χ4n) is 3.55. The number of pyridine rings is 2. The van der Waals surface area contributed by atoms with E-state index in [1.165, 1.54) is 0 Å². The topological polar surface area (TPSA) is 63.9 Å². The van der Waals surface area contributed by atoms with Crippen LogP contribution in [-0.4, -0.2) is 50.6 Å². The summed E-state index contributed by atoms with van der Waals surface area (Å²) < 4.78 is 1.76. The number of ketones is 1. The molecule has 1 saturated heterocycles. The van der Waals surface area contributed by atoms with E-state index >= 15 is 0 Å². The number of Topliss-reactive ketones (excluding diaryl/α,β-unsaturated/α-hetero) is 1. The molecule has 4 heterocycles. The number of nitrogens with zero attached hydrogens (tertiary/aromatic N) is 5. The Balaban J connectivity index is 1.55. The summed E-state index contributed by atoms with van der Waals surface area (Å²) in [5, 5.41) is 6.24. The molecule has 0 N–H and O–H groups in total. The minimum atomic E-state index is 0.173. The lowest BCUT2D eigenvalue weighted by atomic mass is 9.90. The standard InChI is InChI=1S/C20H23N5O/c1-24-5-3-14(4-6-24)20(26)9-18-7-15-8-19(17-12-23-25(2)13-17)22-11-16(15)10-21-18/h7-8,10-14H,3-6,9H2,1-2H3. The van der Waals surface area contributed by atoms with Crippen molar-refractivity contribution in [1.82, 2.24) is 24.6 Å². The first-order valence-corrected chi connectivity index (χ1v) is 9.03. The van der Waals surface area contributed by atoms with Crippen LogP contribution in [0.25, 0.3) is 22.0 Å². The maximum Gasteiger partial charge on any atom is 0.142 e. The molecule has 26 heavy (non-hydrogen) atoms. The van der Waals surface area contributed by atoms with Crippen LogP contribution in [0, 0.1) is 5.92 Å². The van der Waals surface area contributed by atoms with E-state index < -0.39 is 0 Å². The van der Waals surface area contributed by atoms with Gasteiger partial charge in [-0.25, -0.2) is 0 Å². The van der Waals surface area contributed by atoms with E-state index in [1.807, 2.05) is 37.8 Å². The molecule has 0 amide bonds. The number of carbonyl (C=O) groups is 1. The molecule has 1 aliphatic heterocycles. The Kier molecular flexibility index (Phi) is 4.51. The van der Waals surface area contributed by atoms with Gasteiger partial charge in [-0.05, 0) is 50.5 Å². The van der Waals surface area contributed by atoms with Crippen LogP contribution < -0.4 is 0 Å². The Hall–Kier alpha value is -2.60. The van der Waals surface area contributed by atoms with Crippen LogP contribution in [0.4, 0.5) is 0 Å². The molecular weight excluding hydrogens is 326 g/mol. The van der Waals surface area contributed by atoms with Crippen molar-refractivity contribution in [3.8, 4) is 11.3 Å². The van der Waals surface area contributed by atoms with E-state index in [2.05, 4.69) is 27.0 Å². The lowest BCUT2D eigenvalue weighted by Crippen LogP contribution is -2.34. The Morgan fingerprint density at radius 3 is 2.58 bits per heavy atom. The molecule has 3 aromatic heterocycles. The summed E-state index contributed by atoms with van der Waals surface area (Å²) in [5.74, 6) is 0.485. The summed E-state index contributed by atoms with van der Waals surface area (Å²) in [7, 11) is 4.00. The molecule has 0 bridgehead atoms. The first-order valence-electron chi connectivity index (χ1n) is 9.03. The minimum absolute atomic E-state index is 0.173. The summed E-state index contributed by atoms with van der Waals surface area (Å²) in [4.78, 5) is 23.9. The molecule has 1 fully saturated rings. The fourth-order valence-corrected chi connectivity index (χ4v) is 3.55. The van der Waals surface area contributed by atoms with Crippen molar-refractivity contribution < 1.29 is 4.79 Å². The van der Waals surface area contributed by atoms with Gasteiger partial charge in [0, 0.05) is 54.6 Å². The third-order valence-electron chi connectivity index (χ3n) is 5.19. The van der Waals surface area contributed by atoms with Gasteiger partial charge < -0.3 is 4.90 Å². The highest BCUT2D eigenvalue weighted by Gasteiger charge is 2.23. The summed E-state index contributed by atoms with van der Waals surface area (Å²) in [6.45, 7) is 2.00. The van der Waals surface area contributed by atoms with Crippen molar-refractivity contribution in [2.75, 3.05) is 20.1 Å². The molecule has 3 aromatic rings. The molecule has 1 aliphatic rings. The van der Waals surface area contributed by atoms with Gasteiger partial charge in [0.1, 0.15) is 5.78 Å². The summed E-state index contributed by atoms with van der Waals surface area (Å²) >= 11 is 0. The second-order valence-electron chi connectivity index (χ2n) is 7.22. The predicted octanol–water partition coefficient (Wildman–Crippen LogP) is 2.48. The number of fused-ring (bicyclic) bond motifs is 1. The molecule has 0 aromatic carbocycles. The zero-order chi connectivity index (χ0) is 18.1. The van der Waals surface area contributed by atoms with Crippen LogP contribution >= 0.6 is 0 Å². The minimum Gasteiger partial charge on any atom is -0.306 e. The number of hydrogen-bond acceptors (Lipinski definition) is 5. The first-order chi connectivity index (χ1) is 12.6. The Morgan fingerprint density at radius 2 is 1.85 bits per heavy atom. The highest BCUT2D eigenvalue weighted by atomic mass is 16.1. The highest BCUT2D eigenvalue weighted by molar-refractivity contribution is 5.87. The first kappa shape index (κ1) is 16.8. The average Bonchev–Trinajstić information content (AvgIpc) is 3.08. The maximum atomic E-state index is 12.6. The van der Waals surface area contributed by atoms with E-state index in [0.29, 0.717) is 12.2 Å². The van der Waals surface area contributed by atoms with E-state index in [0.717, 1.165) is 53.7 Å². The number of carbonyl (C=O) groups excluding carboxylic acids is 1. The van der Waals surface area contributed by atoms with Gasteiger partial charge in [0.25, 0.3) is 0 Å². The fraction of sp³-hybridized carbons (Fsp3) is 0.400. The molecule has 0 spiro atoms. The number of likely N-dealkylation sites (tertiary alicyclic amines) is 1. The Labute approximate surface area is 152 Å². The van der Waals surface area contributed by atoms with Crippen molar-refractivity contribution >= 4 is 16.6 Å². The Bertz CT molecular complexity index is 940. The van der Waals surface area contributed by atoms with Crippen LogP contribution in [0.1, 0.15) is 18.5 Å². The molecule has 6 heteroatoms. The zero-order valence-corrected chi connectivity index (χ0v) is 15.2. The quantitative estimate of drug-likeness (QED) is 0.724. The SMILES string of the molecule is CN1CCC(C(=O)Cc2cc3cc(-c4cnn(C)c4)ncc3cn2)CC1. The van der Waals surface area contributed by atoms with Crippen LogP contribution in [0.2, 0.25) is 0 Å². The van der Waals surface area contributed by atoms with Crippen LogP contribution in [-0.2, 0) is 18.3 Å². The number of piperidine rings is 1. The molecule has 0 aliphatic carbocycles. The number of hydrogen-bond donors (Lipinski definition) is 0. The van der Waals surface area contributed by atoms with Gasteiger partial charge in [-0.3, -0.25) is 19.4 Å². The smallest absolute Gasteiger partial charge is 0.142 e. The molecule has 0 atom stereocenters. The molecule has 0 saturated carbocycles. The molecule has 6 nitrogen and oxygen atoms in total. The van der Waals surface area contributed by atoms with Gasteiger partial charge in [0.05, 0.1) is 11.9 Å². The lowest BCUT2D eigenvalue weighted by Gasteiger charge is -2.27. The third kappa shape index (κ3) is 3.51. The van der Waals surface area contributed by atoms with Crippen LogP contribution in [0.3, 0.4) is 0 Å². The zero-order valence-electron chi connectivity index (χ0n) is 15.2. The van der Waals surface area contributed by atoms with Crippen molar-refractivity contribution in [3.05, 3.63) is 42.6 Å². The van der Waals surface area contributed by atoms with Gasteiger partial charge in [0.15, 0.2) is 0 Å². The van der Waals surface area contributed by atoms with Crippen LogP contribution in [0.5, 0.6) is 0 Å². The maximum absolute atomic E-state index is 12.6. The third-order valence-corrected chi connectivity index (χ3v) is 5.19. The average molecular weight is 349 g/mol. The van der Waals surface area contributed by atoms with Gasteiger partial charge in [-0.15, -0.1) is 0 Å². The second kappa shape index (κ2) is 6.96. The van der Waals surface area contributed by atoms with Gasteiger partial charge in [0.2, 0.25) is 0 Å². The predicted molar refractivity (Wildman–Crippen MR) is 101 cm³/mol. The van der Waals surface area contributed by atoms with Crippen molar-refractivity contribution in [3.63, 3.8) is 0 Å². The Morgan fingerprint density at radius 1 is 1.08 bits per heavy atom. The molecule has 134 valence electrons. The van der Waals surface area contributed by atoms with Gasteiger partial charge in [-0.1, -0.05) is 0 Å². The van der Waals surface area contributed by atoms with Gasteiger partial charge in [-0.2, -0.15) is 5.10 Å². The summed E-state index contributed by atoms with van der Waals surface area (Å²) in [6, 6.07) is 4.06. The molecule has 4 rings (SSSR count). The highest BCUT2D eigenvalue weighted by Crippen LogP contribution is 2.23. The molecule has 0 unspecified atom stereocenters. The van der Waals surface area contributed by atoms with E-state index in [-0.39, 0.29) is 5.92 Å².